The SMILES string of the molecule is CS(=O)(=O)Nc1cc(NC(=O)CC2CNC2)ccc1F. The molecule has 0 saturated carbocycles. The van der Waals surface area contributed by atoms with Gasteiger partial charge in [0.05, 0.1) is 11.9 Å². The summed E-state index contributed by atoms with van der Waals surface area (Å²) in [5.41, 5.74) is 0.172. The maximum absolute atomic E-state index is 13.5. The number of carbonyl (C=O) groups is 1. The van der Waals surface area contributed by atoms with Gasteiger partial charge in [-0.3, -0.25) is 9.52 Å². The lowest BCUT2D eigenvalue weighted by Crippen LogP contribution is -2.43. The number of nitrogens with one attached hydrogen (secondary N) is 3. The summed E-state index contributed by atoms with van der Waals surface area (Å²) in [4.78, 5) is 11.7. The van der Waals surface area contributed by atoms with Gasteiger partial charge in [0.15, 0.2) is 0 Å². The molecule has 2 rings (SSSR count). The molecule has 1 amide bonds. The monoisotopic (exact) mass is 301 g/mol. The van der Waals surface area contributed by atoms with Crippen molar-refractivity contribution in [2.75, 3.05) is 29.4 Å². The minimum absolute atomic E-state index is 0.173. The van der Waals surface area contributed by atoms with E-state index < -0.39 is 15.8 Å². The number of carbonyl (C=O) groups excluding carboxylic acids is 1. The first kappa shape index (κ1) is 14.7. The van der Waals surface area contributed by atoms with Gasteiger partial charge in [-0.1, -0.05) is 0 Å². The molecule has 3 N–H and O–H groups in total. The molecule has 0 spiro atoms. The Hall–Kier alpha value is -1.67. The Morgan fingerprint density at radius 2 is 2.15 bits per heavy atom. The van der Waals surface area contributed by atoms with Crippen molar-refractivity contribution in [3.05, 3.63) is 24.0 Å². The predicted octanol–water partition coefficient (Wildman–Crippen LogP) is 0.745. The summed E-state index contributed by atoms with van der Waals surface area (Å²) in [7, 11) is -3.57. The van der Waals surface area contributed by atoms with Gasteiger partial charge in [-0.05, 0) is 37.2 Å². The summed E-state index contributed by atoms with van der Waals surface area (Å²) >= 11 is 0. The first-order valence-corrected chi connectivity index (χ1v) is 8.00. The highest BCUT2D eigenvalue weighted by molar-refractivity contribution is 7.92. The van der Waals surface area contributed by atoms with Crippen molar-refractivity contribution in [3.63, 3.8) is 0 Å². The Labute approximate surface area is 116 Å². The molecule has 20 heavy (non-hydrogen) atoms. The van der Waals surface area contributed by atoms with Crippen LogP contribution < -0.4 is 15.4 Å². The lowest BCUT2D eigenvalue weighted by molar-refractivity contribution is -0.117. The van der Waals surface area contributed by atoms with Gasteiger partial charge in [-0.25, -0.2) is 12.8 Å². The lowest BCUT2D eigenvalue weighted by atomic mass is 9.99. The van der Waals surface area contributed by atoms with E-state index >= 15 is 0 Å². The average Bonchev–Trinajstić information content (AvgIpc) is 2.26. The van der Waals surface area contributed by atoms with Gasteiger partial charge in [0.1, 0.15) is 5.82 Å². The van der Waals surface area contributed by atoms with E-state index in [0.717, 1.165) is 25.4 Å². The normalized spacial score (nSPS) is 15.5. The highest BCUT2D eigenvalue weighted by Gasteiger charge is 2.20. The van der Waals surface area contributed by atoms with Crippen molar-refractivity contribution in [2.24, 2.45) is 5.92 Å². The molecule has 8 heteroatoms. The molecule has 0 radical (unpaired) electrons. The molecule has 1 aliphatic rings. The molecular weight excluding hydrogens is 285 g/mol. The van der Waals surface area contributed by atoms with E-state index in [1.54, 1.807) is 0 Å². The van der Waals surface area contributed by atoms with Crippen LogP contribution in [0.3, 0.4) is 0 Å². The van der Waals surface area contributed by atoms with Crippen LogP contribution in [-0.4, -0.2) is 33.7 Å². The second-order valence-electron chi connectivity index (χ2n) is 4.85. The summed E-state index contributed by atoms with van der Waals surface area (Å²) in [5.74, 6) is -0.547. The fourth-order valence-electron chi connectivity index (χ4n) is 1.85. The standard InChI is InChI=1S/C12H16FN3O3S/c1-20(18,19)16-11-5-9(2-3-10(11)13)15-12(17)4-8-6-14-7-8/h2-3,5,8,14,16H,4,6-7H2,1H3,(H,15,17). The van der Waals surface area contributed by atoms with Crippen LogP contribution in [0.25, 0.3) is 0 Å². The molecule has 1 aliphatic heterocycles. The molecule has 1 fully saturated rings. The zero-order chi connectivity index (χ0) is 14.8. The zero-order valence-corrected chi connectivity index (χ0v) is 11.8. The molecule has 0 atom stereocenters. The van der Waals surface area contributed by atoms with E-state index in [1.165, 1.54) is 12.1 Å². The number of benzene rings is 1. The molecule has 110 valence electrons. The Morgan fingerprint density at radius 1 is 1.45 bits per heavy atom. The van der Waals surface area contributed by atoms with Gasteiger partial charge in [0.2, 0.25) is 15.9 Å². The molecule has 1 aromatic rings. The second kappa shape index (κ2) is 5.76. The van der Waals surface area contributed by atoms with Crippen molar-refractivity contribution >= 4 is 27.3 Å². The summed E-state index contributed by atoms with van der Waals surface area (Å²) < 4.78 is 37.7. The van der Waals surface area contributed by atoms with Gasteiger partial charge >= 0.3 is 0 Å². The van der Waals surface area contributed by atoms with Gasteiger partial charge in [-0.15, -0.1) is 0 Å². The van der Waals surface area contributed by atoms with Crippen LogP contribution in [0.15, 0.2) is 18.2 Å². The van der Waals surface area contributed by atoms with Gasteiger partial charge in [-0.2, -0.15) is 0 Å². The minimum atomic E-state index is -3.57. The third-order valence-electron chi connectivity index (χ3n) is 2.89. The highest BCUT2D eigenvalue weighted by Crippen LogP contribution is 2.21. The molecular formula is C12H16FN3O3S. The smallest absolute Gasteiger partial charge is 0.229 e. The minimum Gasteiger partial charge on any atom is -0.326 e. The van der Waals surface area contributed by atoms with E-state index in [9.17, 15) is 17.6 Å². The van der Waals surface area contributed by atoms with Crippen LogP contribution >= 0.6 is 0 Å². The maximum Gasteiger partial charge on any atom is 0.229 e. The topological polar surface area (TPSA) is 87.3 Å². The Balaban J connectivity index is 2.04. The number of amides is 1. The van der Waals surface area contributed by atoms with E-state index in [4.69, 9.17) is 0 Å². The van der Waals surface area contributed by atoms with E-state index in [2.05, 4.69) is 15.4 Å². The third kappa shape index (κ3) is 4.17. The number of hydrogen-bond acceptors (Lipinski definition) is 4. The average molecular weight is 301 g/mol. The predicted molar refractivity (Wildman–Crippen MR) is 74.5 cm³/mol. The van der Waals surface area contributed by atoms with Crippen LogP contribution in [-0.2, 0) is 14.8 Å². The van der Waals surface area contributed by atoms with E-state index in [-0.39, 0.29) is 11.6 Å². The van der Waals surface area contributed by atoms with Crippen molar-refractivity contribution in [3.8, 4) is 0 Å². The fraction of sp³-hybridized carbons (Fsp3) is 0.417. The summed E-state index contributed by atoms with van der Waals surface area (Å²) in [6, 6.07) is 3.75. The summed E-state index contributed by atoms with van der Waals surface area (Å²) in [5, 5.41) is 5.69. The van der Waals surface area contributed by atoms with Crippen LogP contribution in [0.4, 0.5) is 15.8 Å². The van der Waals surface area contributed by atoms with Crippen molar-refractivity contribution in [1.29, 1.82) is 0 Å². The van der Waals surface area contributed by atoms with Gasteiger partial charge < -0.3 is 10.6 Å². The maximum atomic E-state index is 13.5. The molecule has 0 aromatic heterocycles. The molecule has 0 bridgehead atoms. The second-order valence-corrected chi connectivity index (χ2v) is 6.59. The first-order valence-electron chi connectivity index (χ1n) is 6.11. The number of sulfonamides is 1. The molecule has 1 heterocycles. The fourth-order valence-corrected chi connectivity index (χ4v) is 2.40. The van der Waals surface area contributed by atoms with Crippen molar-refractivity contribution < 1.29 is 17.6 Å². The van der Waals surface area contributed by atoms with Gasteiger partial charge in [0, 0.05) is 12.1 Å². The van der Waals surface area contributed by atoms with E-state index in [1.807, 2.05) is 0 Å². The lowest BCUT2D eigenvalue weighted by Gasteiger charge is -2.26. The Bertz CT molecular complexity index is 614. The Morgan fingerprint density at radius 3 is 2.70 bits per heavy atom. The molecule has 1 aromatic carbocycles. The first-order chi connectivity index (χ1) is 9.33. The molecule has 6 nitrogen and oxygen atoms in total. The van der Waals surface area contributed by atoms with Crippen molar-refractivity contribution in [1.82, 2.24) is 5.32 Å². The number of halogens is 1. The molecule has 1 saturated heterocycles. The largest absolute Gasteiger partial charge is 0.326 e. The molecule has 0 unspecified atom stereocenters. The highest BCUT2D eigenvalue weighted by atomic mass is 32.2. The molecule has 0 aliphatic carbocycles. The van der Waals surface area contributed by atoms with Crippen LogP contribution in [0.2, 0.25) is 0 Å². The van der Waals surface area contributed by atoms with Crippen molar-refractivity contribution in [2.45, 2.75) is 6.42 Å². The quantitative estimate of drug-likeness (QED) is 0.749. The van der Waals surface area contributed by atoms with Gasteiger partial charge in [0.25, 0.3) is 0 Å². The van der Waals surface area contributed by atoms with Crippen LogP contribution in [0, 0.1) is 11.7 Å². The summed E-state index contributed by atoms with van der Waals surface area (Å²) in [6.45, 7) is 1.63. The zero-order valence-electron chi connectivity index (χ0n) is 10.9. The number of anilines is 2. The third-order valence-corrected chi connectivity index (χ3v) is 3.48. The number of hydrogen-bond donors (Lipinski definition) is 3. The van der Waals surface area contributed by atoms with Crippen LogP contribution in [0.5, 0.6) is 0 Å². The Kier molecular flexibility index (Phi) is 4.24. The number of rotatable bonds is 5. The van der Waals surface area contributed by atoms with Crippen LogP contribution in [0.1, 0.15) is 6.42 Å². The van der Waals surface area contributed by atoms with E-state index in [0.29, 0.717) is 18.0 Å². The summed E-state index contributed by atoms with van der Waals surface area (Å²) in [6.07, 6.45) is 1.32.